The molecule has 2 unspecified atom stereocenters. The van der Waals surface area contributed by atoms with E-state index >= 15 is 0 Å². The van der Waals surface area contributed by atoms with Gasteiger partial charge in [0.05, 0.1) is 0 Å². The number of rotatable bonds is 6. The van der Waals surface area contributed by atoms with Crippen molar-refractivity contribution in [1.82, 2.24) is 0 Å². The maximum Gasteiger partial charge on any atom is 0.255 e. The van der Waals surface area contributed by atoms with Crippen molar-refractivity contribution in [3.05, 3.63) is 95.6 Å². The lowest BCUT2D eigenvalue weighted by Crippen LogP contribution is -2.12. The molecule has 0 aromatic heterocycles. The van der Waals surface area contributed by atoms with Gasteiger partial charge in [0.2, 0.25) is 0 Å². The highest BCUT2D eigenvalue weighted by molar-refractivity contribution is 6.04. The number of nitrogens with one attached hydrogen (secondary N) is 1. The Bertz CT molecular complexity index is 923. The predicted molar refractivity (Wildman–Crippen MR) is 107 cm³/mol. The van der Waals surface area contributed by atoms with Crippen molar-refractivity contribution in [2.45, 2.75) is 25.0 Å². The normalized spacial score (nSPS) is 18.0. The van der Waals surface area contributed by atoms with E-state index in [2.05, 4.69) is 5.32 Å². The molecule has 0 aliphatic heterocycles. The van der Waals surface area contributed by atoms with Gasteiger partial charge in [-0.3, -0.25) is 4.79 Å². The summed E-state index contributed by atoms with van der Waals surface area (Å²) < 4.78 is 5.80. The molecule has 1 aliphatic rings. The molecule has 1 aliphatic carbocycles. The van der Waals surface area contributed by atoms with Gasteiger partial charge in [-0.1, -0.05) is 48.5 Å². The second kappa shape index (κ2) is 7.64. The quantitative estimate of drug-likeness (QED) is 0.689. The number of benzene rings is 3. The summed E-state index contributed by atoms with van der Waals surface area (Å²) in [7, 11) is 0. The smallest absolute Gasteiger partial charge is 0.255 e. The van der Waals surface area contributed by atoms with E-state index < -0.39 is 0 Å². The molecule has 1 amide bonds. The molecule has 1 saturated carbocycles. The summed E-state index contributed by atoms with van der Waals surface area (Å²) in [6.07, 6.45) is 1.04. The van der Waals surface area contributed by atoms with Crippen molar-refractivity contribution >= 4 is 11.6 Å². The minimum atomic E-state index is -0.156. The number of carbonyl (C=O) groups is 1. The molecule has 4 nitrogen and oxygen atoms in total. The van der Waals surface area contributed by atoms with Gasteiger partial charge in [-0.15, -0.1) is 0 Å². The van der Waals surface area contributed by atoms with Crippen LogP contribution in [0.2, 0.25) is 0 Å². The zero-order valence-electron chi connectivity index (χ0n) is 15.0. The Morgan fingerprint density at radius 1 is 1.00 bits per heavy atom. The first-order chi connectivity index (χ1) is 13.2. The van der Waals surface area contributed by atoms with Gasteiger partial charge in [0, 0.05) is 23.2 Å². The number of anilines is 1. The summed E-state index contributed by atoms with van der Waals surface area (Å²) in [5.74, 6) is 0.980. The average Bonchev–Trinajstić information content (AvgIpc) is 3.44. The van der Waals surface area contributed by atoms with Crippen LogP contribution in [0.4, 0.5) is 5.69 Å². The molecule has 136 valence electrons. The number of nitrogens with two attached hydrogens (primary N) is 1. The topological polar surface area (TPSA) is 64.3 Å². The minimum Gasteiger partial charge on any atom is -0.489 e. The molecule has 0 saturated heterocycles. The van der Waals surface area contributed by atoms with Gasteiger partial charge >= 0.3 is 0 Å². The Morgan fingerprint density at radius 2 is 1.74 bits per heavy atom. The lowest BCUT2D eigenvalue weighted by molar-refractivity contribution is 0.102. The van der Waals surface area contributed by atoms with Crippen LogP contribution in [0.5, 0.6) is 5.75 Å². The Labute approximate surface area is 159 Å². The lowest BCUT2D eigenvalue weighted by Gasteiger charge is -2.09. The first kappa shape index (κ1) is 17.3. The van der Waals surface area contributed by atoms with Gasteiger partial charge in [-0.25, -0.2) is 0 Å². The fourth-order valence-corrected chi connectivity index (χ4v) is 3.08. The second-order valence-corrected chi connectivity index (χ2v) is 6.88. The summed E-state index contributed by atoms with van der Waals surface area (Å²) in [6, 6.07) is 25.4. The van der Waals surface area contributed by atoms with E-state index in [9.17, 15) is 4.79 Å². The Morgan fingerprint density at radius 3 is 2.44 bits per heavy atom. The highest BCUT2D eigenvalue weighted by atomic mass is 16.5. The first-order valence-electron chi connectivity index (χ1n) is 9.13. The summed E-state index contributed by atoms with van der Waals surface area (Å²) in [5.41, 5.74) is 9.54. The van der Waals surface area contributed by atoms with Gasteiger partial charge in [0.25, 0.3) is 5.91 Å². The number of hydrogen-bond donors (Lipinski definition) is 2. The molecule has 1 fully saturated rings. The van der Waals surface area contributed by atoms with Gasteiger partial charge in [-0.2, -0.15) is 0 Å². The molecule has 27 heavy (non-hydrogen) atoms. The van der Waals surface area contributed by atoms with Gasteiger partial charge in [0.1, 0.15) is 12.4 Å². The Kier molecular flexibility index (Phi) is 4.90. The zero-order chi connectivity index (χ0) is 18.6. The minimum absolute atomic E-state index is 0.156. The SMILES string of the molecule is NC1CC1c1ccc(NC(=O)c2cccc(OCc3ccccc3)c2)cc1. The van der Waals surface area contributed by atoms with Crippen molar-refractivity contribution in [3.8, 4) is 5.75 Å². The summed E-state index contributed by atoms with van der Waals surface area (Å²) in [6.45, 7) is 0.469. The van der Waals surface area contributed by atoms with E-state index in [0.29, 0.717) is 23.8 Å². The molecule has 4 heteroatoms. The molecule has 3 aromatic carbocycles. The highest BCUT2D eigenvalue weighted by Gasteiger charge is 2.34. The van der Waals surface area contributed by atoms with E-state index in [4.69, 9.17) is 10.5 Å². The van der Waals surface area contributed by atoms with E-state index in [0.717, 1.165) is 17.7 Å². The second-order valence-electron chi connectivity index (χ2n) is 6.88. The van der Waals surface area contributed by atoms with Crippen molar-refractivity contribution in [1.29, 1.82) is 0 Å². The Balaban J connectivity index is 1.38. The van der Waals surface area contributed by atoms with E-state index in [-0.39, 0.29) is 11.9 Å². The van der Waals surface area contributed by atoms with Crippen molar-refractivity contribution in [2.75, 3.05) is 5.32 Å². The highest BCUT2D eigenvalue weighted by Crippen LogP contribution is 2.39. The molecule has 0 radical (unpaired) electrons. The third-order valence-corrected chi connectivity index (χ3v) is 4.78. The fourth-order valence-electron chi connectivity index (χ4n) is 3.08. The van der Waals surface area contributed by atoms with E-state index in [1.807, 2.05) is 66.7 Å². The van der Waals surface area contributed by atoms with Gasteiger partial charge < -0.3 is 15.8 Å². The van der Waals surface area contributed by atoms with Crippen LogP contribution in [0.3, 0.4) is 0 Å². The summed E-state index contributed by atoms with van der Waals surface area (Å²) >= 11 is 0. The van der Waals surface area contributed by atoms with E-state index in [1.54, 1.807) is 12.1 Å². The van der Waals surface area contributed by atoms with Crippen LogP contribution in [-0.4, -0.2) is 11.9 Å². The van der Waals surface area contributed by atoms with Crippen LogP contribution >= 0.6 is 0 Å². The predicted octanol–water partition coefficient (Wildman–Crippen LogP) is 4.33. The standard InChI is InChI=1S/C23H22N2O2/c24-22-14-21(22)17-9-11-19(12-10-17)25-23(26)18-7-4-8-20(13-18)27-15-16-5-2-1-3-6-16/h1-13,21-22H,14-15,24H2,(H,25,26). The van der Waals surface area contributed by atoms with Crippen molar-refractivity contribution in [3.63, 3.8) is 0 Å². The molecule has 3 aromatic rings. The van der Waals surface area contributed by atoms with Crippen molar-refractivity contribution in [2.24, 2.45) is 5.73 Å². The van der Waals surface area contributed by atoms with E-state index in [1.165, 1.54) is 5.56 Å². The maximum atomic E-state index is 12.5. The van der Waals surface area contributed by atoms with Crippen LogP contribution in [0.25, 0.3) is 0 Å². The van der Waals surface area contributed by atoms with Crippen LogP contribution in [0, 0.1) is 0 Å². The molecule has 4 rings (SSSR count). The molecule has 0 spiro atoms. The van der Waals surface area contributed by atoms with Gasteiger partial charge in [0.15, 0.2) is 0 Å². The first-order valence-corrected chi connectivity index (χ1v) is 9.13. The Hall–Kier alpha value is -3.11. The molecule has 0 heterocycles. The number of ether oxygens (including phenoxy) is 1. The monoisotopic (exact) mass is 358 g/mol. The van der Waals surface area contributed by atoms with Crippen LogP contribution in [-0.2, 0) is 6.61 Å². The third-order valence-electron chi connectivity index (χ3n) is 4.78. The fraction of sp³-hybridized carbons (Fsp3) is 0.174. The van der Waals surface area contributed by atoms with Crippen LogP contribution < -0.4 is 15.8 Å². The molecule has 3 N–H and O–H groups in total. The summed E-state index contributed by atoms with van der Waals surface area (Å²) in [4.78, 5) is 12.5. The number of hydrogen-bond acceptors (Lipinski definition) is 3. The number of carbonyl (C=O) groups excluding carboxylic acids is 1. The maximum absolute atomic E-state index is 12.5. The third kappa shape index (κ3) is 4.36. The largest absolute Gasteiger partial charge is 0.489 e. The summed E-state index contributed by atoms with van der Waals surface area (Å²) in [5, 5.41) is 2.93. The number of amides is 1. The van der Waals surface area contributed by atoms with Crippen molar-refractivity contribution < 1.29 is 9.53 Å². The van der Waals surface area contributed by atoms with Crippen LogP contribution in [0.15, 0.2) is 78.9 Å². The molecule has 2 atom stereocenters. The molecular formula is C23H22N2O2. The average molecular weight is 358 g/mol. The molecule has 0 bridgehead atoms. The zero-order valence-corrected chi connectivity index (χ0v) is 15.0. The van der Waals surface area contributed by atoms with Gasteiger partial charge in [-0.05, 0) is 47.9 Å². The molecular weight excluding hydrogens is 336 g/mol. The lowest BCUT2D eigenvalue weighted by atomic mass is 10.1. The van der Waals surface area contributed by atoms with Crippen LogP contribution in [0.1, 0.15) is 33.8 Å².